The van der Waals surface area contributed by atoms with Crippen molar-refractivity contribution in [1.82, 2.24) is 19.8 Å². The van der Waals surface area contributed by atoms with Crippen LogP contribution >= 0.6 is 24.0 Å². The van der Waals surface area contributed by atoms with E-state index < -0.39 is 0 Å². The van der Waals surface area contributed by atoms with Gasteiger partial charge in [0, 0.05) is 51.5 Å². The van der Waals surface area contributed by atoms with Crippen LogP contribution in [0, 0.1) is 5.92 Å². The lowest BCUT2D eigenvalue weighted by Crippen LogP contribution is -2.39. The zero-order valence-corrected chi connectivity index (χ0v) is 20.9. The van der Waals surface area contributed by atoms with Gasteiger partial charge in [0.1, 0.15) is 0 Å². The molecule has 3 aromatic rings. The number of guanidine groups is 1. The predicted octanol–water partition coefficient (Wildman–Crippen LogP) is 4.16. The maximum atomic E-state index is 5.95. The first-order valence-electron chi connectivity index (χ1n) is 10.9. The summed E-state index contributed by atoms with van der Waals surface area (Å²) in [5.41, 5.74) is 3.74. The fourth-order valence-corrected chi connectivity index (χ4v) is 3.95. The minimum atomic E-state index is 0. The van der Waals surface area contributed by atoms with Gasteiger partial charge in [-0.05, 0) is 23.1 Å². The summed E-state index contributed by atoms with van der Waals surface area (Å²) in [7, 11) is 1.86. The highest BCUT2D eigenvalue weighted by molar-refractivity contribution is 14.0. The van der Waals surface area contributed by atoms with Crippen molar-refractivity contribution in [3.63, 3.8) is 0 Å². The molecule has 6 nitrogen and oxygen atoms in total. The second-order valence-corrected chi connectivity index (χ2v) is 8.05. The van der Waals surface area contributed by atoms with E-state index in [9.17, 15) is 0 Å². The number of benzene rings is 2. The number of nitrogens with one attached hydrogen (secondary N) is 1. The van der Waals surface area contributed by atoms with Crippen LogP contribution in [0.4, 0.5) is 0 Å². The Morgan fingerprint density at radius 2 is 1.88 bits per heavy atom. The lowest BCUT2D eigenvalue weighted by molar-refractivity contribution is 0.0906. The average Bonchev–Trinajstić information content (AvgIpc) is 3.49. The lowest BCUT2D eigenvalue weighted by Gasteiger charge is -2.22. The minimum absolute atomic E-state index is 0. The summed E-state index contributed by atoms with van der Waals surface area (Å²) in [6.45, 7) is 5.09. The summed E-state index contributed by atoms with van der Waals surface area (Å²) in [5, 5.41) is 3.52. The second-order valence-electron chi connectivity index (χ2n) is 8.05. The van der Waals surface area contributed by atoms with Crippen molar-refractivity contribution in [2.24, 2.45) is 10.9 Å². The van der Waals surface area contributed by atoms with Gasteiger partial charge in [-0.3, -0.25) is 4.99 Å². The Balaban J connectivity index is 0.00000289. The summed E-state index contributed by atoms with van der Waals surface area (Å²) < 4.78 is 8.02. The maximum Gasteiger partial charge on any atom is 0.193 e. The topological polar surface area (TPSA) is 54.7 Å². The standard InChI is InChI=1S/C25H31N5O.HI/c1-26-25(28-15-21-7-9-22(10-8-21)16-29-14-12-27-20-29)30-13-11-24(17-30)19-31-18-23-5-3-2-4-6-23;/h2-10,12,14,20,24H,11,13,15-19H2,1H3,(H,26,28);1H. The molecule has 1 aliphatic heterocycles. The molecule has 1 fully saturated rings. The molecule has 2 heterocycles. The molecule has 1 aromatic heterocycles. The third-order valence-electron chi connectivity index (χ3n) is 5.66. The molecule has 1 N–H and O–H groups in total. The van der Waals surface area contributed by atoms with E-state index in [2.05, 4.69) is 73.3 Å². The Bertz CT molecular complexity index is 944. The number of imidazole rings is 1. The van der Waals surface area contributed by atoms with Crippen molar-refractivity contribution in [3.05, 3.63) is 90.0 Å². The third kappa shape index (κ3) is 7.06. The average molecular weight is 545 g/mol. The van der Waals surface area contributed by atoms with Gasteiger partial charge in [-0.25, -0.2) is 4.98 Å². The number of rotatable bonds is 8. The molecule has 7 heteroatoms. The summed E-state index contributed by atoms with van der Waals surface area (Å²) >= 11 is 0. The Morgan fingerprint density at radius 3 is 2.59 bits per heavy atom. The lowest BCUT2D eigenvalue weighted by atomic mass is 10.1. The number of nitrogens with zero attached hydrogens (tertiary/aromatic N) is 4. The second kappa shape index (κ2) is 12.6. The fourth-order valence-electron chi connectivity index (χ4n) is 3.95. The van der Waals surface area contributed by atoms with Gasteiger partial charge in [0.25, 0.3) is 0 Å². The van der Waals surface area contributed by atoms with Crippen molar-refractivity contribution < 1.29 is 4.74 Å². The summed E-state index contributed by atoms with van der Waals surface area (Å²) in [5.74, 6) is 1.51. The monoisotopic (exact) mass is 545 g/mol. The van der Waals surface area contributed by atoms with E-state index in [-0.39, 0.29) is 24.0 Å². The van der Waals surface area contributed by atoms with Gasteiger partial charge in [0.15, 0.2) is 5.96 Å². The normalized spacial score (nSPS) is 16.1. The molecular weight excluding hydrogens is 513 g/mol. The van der Waals surface area contributed by atoms with Gasteiger partial charge < -0.3 is 19.5 Å². The number of hydrogen-bond donors (Lipinski definition) is 1. The quantitative estimate of drug-likeness (QED) is 0.263. The highest BCUT2D eigenvalue weighted by Gasteiger charge is 2.24. The zero-order chi connectivity index (χ0) is 21.3. The first-order valence-corrected chi connectivity index (χ1v) is 10.9. The smallest absolute Gasteiger partial charge is 0.193 e. The summed E-state index contributed by atoms with van der Waals surface area (Å²) in [6, 6.07) is 19.1. The first-order chi connectivity index (χ1) is 15.3. The van der Waals surface area contributed by atoms with Crippen LogP contribution in [-0.4, -0.2) is 47.2 Å². The van der Waals surface area contributed by atoms with E-state index in [1.165, 1.54) is 16.7 Å². The molecule has 1 aliphatic rings. The van der Waals surface area contributed by atoms with Crippen molar-refractivity contribution >= 4 is 29.9 Å². The van der Waals surface area contributed by atoms with Crippen LogP contribution in [0.15, 0.2) is 78.3 Å². The van der Waals surface area contributed by atoms with Crippen LogP contribution in [0.3, 0.4) is 0 Å². The molecule has 1 atom stereocenters. The maximum absolute atomic E-state index is 5.95. The Kier molecular flexibility index (Phi) is 9.55. The molecule has 0 saturated carbocycles. The van der Waals surface area contributed by atoms with Crippen molar-refractivity contribution in [1.29, 1.82) is 0 Å². The number of aliphatic imine (C=N–C) groups is 1. The predicted molar refractivity (Wildman–Crippen MR) is 139 cm³/mol. The minimum Gasteiger partial charge on any atom is -0.376 e. The summed E-state index contributed by atoms with van der Waals surface area (Å²) in [4.78, 5) is 10.9. The van der Waals surface area contributed by atoms with E-state index >= 15 is 0 Å². The molecule has 0 radical (unpaired) electrons. The Hall–Kier alpha value is -2.39. The molecule has 170 valence electrons. The number of halogens is 1. The fraction of sp³-hybridized carbons (Fsp3) is 0.360. The first kappa shape index (κ1) is 24.3. The molecule has 2 aromatic carbocycles. The van der Waals surface area contributed by atoms with Gasteiger partial charge in [-0.2, -0.15) is 0 Å². The van der Waals surface area contributed by atoms with Crippen LogP contribution in [0.1, 0.15) is 23.1 Å². The molecule has 32 heavy (non-hydrogen) atoms. The van der Waals surface area contributed by atoms with E-state index in [1.807, 2.05) is 31.8 Å². The van der Waals surface area contributed by atoms with Crippen LogP contribution in [-0.2, 0) is 24.4 Å². The zero-order valence-electron chi connectivity index (χ0n) is 18.6. The van der Waals surface area contributed by atoms with E-state index in [1.54, 1.807) is 0 Å². The number of hydrogen-bond acceptors (Lipinski definition) is 3. The van der Waals surface area contributed by atoms with Gasteiger partial charge in [0.05, 0.1) is 19.5 Å². The van der Waals surface area contributed by atoms with Crippen LogP contribution in [0.25, 0.3) is 0 Å². The molecular formula is C25H32IN5O. The SMILES string of the molecule is CN=C(NCc1ccc(Cn2ccnc2)cc1)N1CCC(COCc2ccccc2)C1.I. The van der Waals surface area contributed by atoms with E-state index in [4.69, 9.17) is 4.74 Å². The van der Waals surface area contributed by atoms with Crippen molar-refractivity contribution in [3.8, 4) is 0 Å². The van der Waals surface area contributed by atoms with Crippen LogP contribution < -0.4 is 5.32 Å². The molecule has 1 saturated heterocycles. The third-order valence-corrected chi connectivity index (χ3v) is 5.66. The molecule has 0 bridgehead atoms. The number of ether oxygens (including phenoxy) is 1. The largest absolute Gasteiger partial charge is 0.376 e. The van der Waals surface area contributed by atoms with Crippen LogP contribution in [0.5, 0.6) is 0 Å². The van der Waals surface area contributed by atoms with Gasteiger partial charge in [-0.15, -0.1) is 24.0 Å². The Labute approximate surface area is 207 Å². The number of aromatic nitrogens is 2. The molecule has 0 aliphatic carbocycles. The molecule has 0 spiro atoms. The van der Waals surface area contributed by atoms with E-state index in [0.29, 0.717) is 12.5 Å². The molecule has 1 unspecified atom stereocenters. The molecule has 4 rings (SSSR count). The van der Waals surface area contributed by atoms with Gasteiger partial charge in [0.2, 0.25) is 0 Å². The highest BCUT2D eigenvalue weighted by atomic mass is 127. The van der Waals surface area contributed by atoms with Gasteiger partial charge >= 0.3 is 0 Å². The van der Waals surface area contributed by atoms with E-state index in [0.717, 1.165) is 45.2 Å². The molecule has 0 amide bonds. The van der Waals surface area contributed by atoms with Crippen molar-refractivity contribution in [2.75, 3.05) is 26.7 Å². The van der Waals surface area contributed by atoms with Crippen molar-refractivity contribution in [2.45, 2.75) is 26.1 Å². The Morgan fingerprint density at radius 1 is 1.09 bits per heavy atom. The van der Waals surface area contributed by atoms with Gasteiger partial charge in [-0.1, -0.05) is 54.6 Å². The summed E-state index contributed by atoms with van der Waals surface area (Å²) in [6.07, 6.45) is 6.77. The number of likely N-dealkylation sites (tertiary alicyclic amines) is 1. The van der Waals surface area contributed by atoms with Crippen LogP contribution in [0.2, 0.25) is 0 Å². The highest BCUT2D eigenvalue weighted by Crippen LogP contribution is 2.17.